The summed E-state index contributed by atoms with van der Waals surface area (Å²) in [6.07, 6.45) is 4.16. The molecule has 3 heterocycles. The highest BCUT2D eigenvalue weighted by Gasteiger charge is 2.36. The zero-order valence-electron chi connectivity index (χ0n) is 25.1. The van der Waals surface area contributed by atoms with Crippen LogP contribution in [0.5, 0.6) is 5.75 Å². The van der Waals surface area contributed by atoms with E-state index in [-0.39, 0.29) is 17.8 Å². The molecule has 42 heavy (non-hydrogen) atoms. The fourth-order valence-electron chi connectivity index (χ4n) is 5.01. The molecule has 226 valence electrons. The van der Waals surface area contributed by atoms with Gasteiger partial charge in [0.25, 0.3) is 0 Å². The first-order chi connectivity index (χ1) is 19.7. The van der Waals surface area contributed by atoms with Crippen molar-refractivity contribution < 1.29 is 28.2 Å². The Kier molecular flexibility index (Phi) is 9.35. The summed E-state index contributed by atoms with van der Waals surface area (Å²) in [6.45, 7) is 14.0. The number of benzene rings is 1. The van der Waals surface area contributed by atoms with Crippen molar-refractivity contribution in [1.29, 1.82) is 0 Å². The maximum atomic E-state index is 13.4. The molecule has 4 rings (SSSR count). The molecule has 1 aliphatic heterocycles. The van der Waals surface area contributed by atoms with Crippen molar-refractivity contribution >= 4 is 17.3 Å². The molecular formula is C32H40F2N4O4. The lowest BCUT2D eigenvalue weighted by Gasteiger charge is -2.40. The Morgan fingerprint density at radius 2 is 1.76 bits per heavy atom. The zero-order valence-corrected chi connectivity index (χ0v) is 25.1. The van der Waals surface area contributed by atoms with Crippen LogP contribution in [0.2, 0.25) is 0 Å². The number of hydrogen-bond donors (Lipinski definition) is 2. The van der Waals surface area contributed by atoms with Crippen molar-refractivity contribution in [3.63, 3.8) is 0 Å². The molecule has 0 spiro atoms. The van der Waals surface area contributed by atoms with Gasteiger partial charge in [0.1, 0.15) is 24.0 Å². The smallest absolute Gasteiger partial charge is 0.337 e. The third-order valence-corrected chi connectivity index (χ3v) is 7.25. The Hall–Kier alpha value is -3.79. The number of nitrogens with zero attached hydrogens (tertiary/aromatic N) is 3. The maximum absolute atomic E-state index is 13.4. The van der Waals surface area contributed by atoms with E-state index in [0.29, 0.717) is 23.5 Å². The second kappa shape index (κ2) is 12.6. The van der Waals surface area contributed by atoms with Gasteiger partial charge in [-0.1, -0.05) is 13.8 Å². The van der Waals surface area contributed by atoms with Crippen molar-refractivity contribution in [2.75, 3.05) is 36.5 Å². The zero-order chi connectivity index (χ0) is 30.7. The number of carbonyl (C=O) groups is 1. The summed E-state index contributed by atoms with van der Waals surface area (Å²) in [5.74, 6) is -2.34. The van der Waals surface area contributed by atoms with Gasteiger partial charge in [-0.3, -0.25) is 9.97 Å². The van der Waals surface area contributed by atoms with Gasteiger partial charge >= 0.3 is 5.97 Å². The van der Waals surface area contributed by atoms with Crippen molar-refractivity contribution in [2.45, 2.75) is 66.1 Å². The first kappa shape index (κ1) is 31.2. The van der Waals surface area contributed by atoms with E-state index in [2.05, 4.69) is 34.0 Å². The third-order valence-electron chi connectivity index (χ3n) is 7.25. The first-order valence-corrected chi connectivity index (χ1v) is 14.2. The highest BCUT2D eigenvalue weighted by molar-refractivity contribution is 5.85. The summed E-state index contributed by atoms with van der Waals surface area (Å²) in [5.41, 5.74) is 3.57. The molecular weight excluding hydrogens is 542 g/mol. The maximum Gasteiger partial charge on any atom is 0.337 e. The number of hydrogen-bond acceptors (Lipinski definition) is 7. The number of halogens is 2. The number of piperidine rings is 1. The average Bonchev–Trinajstić information content (AvgIpc) is 2.89. The number of aryl methyl sites for hydroxylation is 1. The molecule has 3 aromatic rings. The Morgan fingerprint density at radius 3 is 2.33 bits per heavy atom. The van der Waals surface area contributed by atoms with E-state index >= 15 is 0 Å². The summed E-state index contributed by atoms with van der Waals surface area (Å²) in [7, 11) is 0. The van der Waals surface area contributed by atoms with Crippen molar-refractivity contribution in [3.05, 3.63) is 65.6 Å². The van der Waals surface area contributed by atoms with Crippen LogP contribution in [0.25, 0.3) is 11.3 Å². The third kappa shape index (κ3) is 7.94. The van der Waals surface area contributed by atoms with Gasteiger partial charge in [-0.2, -0.15) is 0 Å². The van der Waals surface area contributed by atoms with E-state index in [0.717, 1.165) is 61.1 Å². The van der Waals surface area contributed by atoms with Crippen LogP contribution in [-0.4, -0.2) is 52.9 Å². The SMILES string of the molecule is Cc1ncc(-c2ccc(NCCOc3cc(F)cc(F)c3)cn2)c(N2CCC(C)(C)CC2)c1[C@H](OC(C)(C)C)C(=O)O. The Morgan fingerprint density at radius 1 is 1.10 bits per heavy atom. The van der Waals surface area contributed by atoms with E-state index < -0.39 is 29.3 Å². The fraction of sp³-hybridized carbons (Fsp3) is 0.469. The summed E-state index contributed by atoms with van der Waals surface area (Å²) in [5, 5.41) is 13.5. The van der Waals surface area contributed by atoms with Crippen LogP contribution in [0.1, 0.15) is 64.8 Å². The van der Waals surface area contributed by atoms with E-state index in [4.69, 9.17) is 9.47 Å². The van der Waals surface area contributed by atoms with Gasteiger partial charge in [0.05, 0.1) is 28.9 Å². The van der Waals surface area contributed by atoms with E-state index in [1.807, 2.05) is 39.8 Å². The van der Waals surface area contributed by atoms with Crippen LogP contribution in [0, 0.1) is 24.0 Å². The number of aliphatic carboxylic acids is 1. The molecule has 0 amide bonds. The van der Waals surface area contributed by atoms with Crippen LogP contribution in [-0.2, 0) is 9.53 Å². The molecule has 1 aromatic carbocycles. The van der Waals surface area contributed by atoms with Gasteiger partial charge < -0.3 is 24.8 Å². The lowest BCUT2D eigenvalue weighted by molar-refractivity contribution is -0.160. The Balaban J connectivity index is 1.61. The molecule has 1 fully saturated rings. The first-order valence-electron chi connectivity index (χ1n) is 14.2. The van der Waals surface area contributed by atoms with E-state index in [1.165, 1.54) is 0 Å². The largest absolute Gasteiger partial charge is 0.492 e. The monoisotopic (exact) mass is 582 g/mol. The molecule has 0 aliphatic carbocycles. The van der Waals surface area contributed by atoms with Gasteiger partial charge in [0, 0.05) is 60.9 Å². The quantitative estimate of drug-likeness (QED) is 0.252. The molecule has 10 heteroatoms. The Bertz CT molecular complexity index is 1380. The molecule has 0 saturated carbocycles. The van der Waals surface area contributed by atoms with Crippen LogP contribution < -0.4 is 15.0 Å². The second-order valence-electron chi connectivity index (χ2n) is 12.4. The van der Waals surface area contributed by atoms with Crippen LogP contribution >= 0.6 is 0 Å². The van der Waals surface area contributed by atoms with Gasteiger partial charge in [0.15, 0.2) is 6.10 Å². The molecule has 8 nitrogen and oxygen atoms in total. The molecule has 0 bridgehead atoms. The van der Waals surface area contributed by atoms with Gasteiger partial charge in [-0.15, -0.1) is 0 Å². The van der Waals surface area contributed by atoms with Crippen LogP contribution in [0.3, 0.4) is 0 Å². The van der Waals surface area contributed by atoms with Crippen molar-refractivity contribution in [3.8, 4) is 17.0 Å². The average molecular weight is 583 g/mol. The molecule has 0 unspecified atom stereocenters. The number of anilines is 2. The predicted octanol–water partition coefficient (Wildman–Crippen LogP) is 6.79. The molecule has 1 saturated heterocycles. The Labute approximate surface area is 246 Å². The summed E-state index contributed by atoms with van der Waals surface area (Å²) in [4.78, 5) is 24.1. The molecule has 0 radical (unpaired) electrons. The minimum atomic E-state index is -1.20. The highest BCUT2D eigenvalue weighted by Crippen LogP contribution is 2.43. The van der Waals surface area contributed by atoms with Crippen LogP contribution in [0.4, 0.5) is 20.2 Å². The second-order valence-corrected chi connectivity index (χ2v) is 12.4. The minimum Gasteiger partial charge on any atom is -0.492 e. The summed E-state index contributed by atoms with van der Waals surface area (Å²) < 4.78 is 38.3. The topological polar surface area (TPSA) is 96.8 Å². The van der Waals surface area contributed by atoms with Gasteiger partial charge in [-0.25, -0.2) is 13.6 Å². The fourth-order valence-corrected chi connectivity index (χ4v) is 5.01. The highest BCUT2D eigenvalue weighted by atomic mass is 19.1. The van der Waals surface area contributed by atoms with Gasteiger partial charge in [-0.05, 0) is 58.1 Å². The number of carboxylic acid groups (broad SMARTS) is 1. The number of aromatic nitrogens is 2. The normalized spacial score (nSPS) is 15.8. The molecule has 2 aromatic heterocycles. The van der Waals surface area contributed by atoms with Gasteiger partial charge in [0.2, 0.25) is 0 Å². The van der Waals surface area contributed by atoms with Crippen LogP contribution in [0.15, 0.2) is 42.7 Å². The number of carboxylic acids is 1. The number of pyridine rings is 2. The molecule has 1 atom stereocenters. The standard InChI is InChI=1S/C32H40F2N4O4/c1-20-27(29(30(39)40)42-31(2,3)4)28(38-12-9-32(5,6)10-13-38)25(19-36-20)26-8-7-23(18-37-26)35-11-14-41-24-16-21(33)15-22(34)17-24/h7-8,15-19,29,35H,9-14H2,1-6H3,(H,39,40)/t29-/m0/s1. The predicted molar refractivity (Wildman–Crippen MR) is 159 cm³/mol. The molecule has 1 aliphatic rings. The number of ether oxygens (including phenoxy) is 2. The number of nitrogens with one attached hydrogen (secondary N) is 1. The summed E-state index contributed by atoms with van der Waals surface area (Å²) >= 11 is 0. The lowest BCUT2D eigenvalue weighted by Crippen LogP contribution is -2.39. The molecule has 2 N–H and O–H groups in total. The lowest BCUT2D eigenvalue weighted by atomic mass is 9.82. The van der Waals surface area contributed by atoms with Crippen molar-refractivity contribution in [1.82, 2.24) is 9.97 Å². The minimum absolute atomic E-state index is 0.120. The van der Waals surface area contributed by atoms with E-state index in [9.17, 15) is 18.7 Å². The number of rotatable bonds is 10. The summed E-state index contributed by atoms with van der Waals surface area (Å²) in [6, 6.07) is 6.78. The van der Waals surface area contributed by atoms with E-state index in [1.54, 1.807) is 12.4 Å². The van der Waals surface area contributed by atoms with Crippen molar-refractivity contribution in [2.24, 2.45) is 5.41 Å².